The fourth-order valence-electron chi connectivity index (χ4n) is 3.83. The SMILES string of the molecule is CC1(C)C[C@]2(C=C(C#N)C1=O)CCN(C(=O)c1ccc(Cl)cn1)C2. The number of carbonyl (C=O) groups is 2. The summed E-state index contributed by atoms with van der Waals surface area (Å²) < 4.78 is 0. The molecule has 0 N–H and O–H groups in total. The second-order valence-electron chi connectivity index (χ2n) is 7.26. The predicted molar refractivity (Wildman–Crippen MR) is 89.3 cm³/mol. The normalized spacial score (nSPS) is 25.5. The van der Waals surface area contributed by atoms with E-state index < -0.39 is 5.41 Å². The number of nitrogens with zero attached hydrogens (tertiary/aromatic N) is 3. The number of hydrogen-bond donors (Lipinski definition) is 0. The number of ketones is 1. The van der Waals surface area contributed by atoms with Crippen molar-refractivity contribution in [2.75, 3.05) is 13.1 Å². The van der Waals surface area contributed by atoms with E-state index in [9.17, 15) is 14.9 Å². The van der Waals surface area contributed by atoms with Gasteiger partial charge < -0.3 is 4.90 Å². The molecule has 1 aromatic rings. The first-order valence-corrected chi connectivity index (χ1v) is 8.23. The van der Waals surface area contributed by atoms with Crippen molar-refractivity contribution in [1.82, 2.24) is 9.88 Å². The van der Waals surface area contributed by atoms with Crippen LogP contribution in [0.15, 0.2) is 30.0 Å². The van der Waals surface area contributed by atoms with Crippen molar-refractivity contribution in [3.63, 3.8) is 0 Å². The average molecular weight is 344 g/mol. The number of aromatic nitrogens is 1. The molecule has 6 heteroatoms. The first-order valence-electron chi connectivity index (χ1n) is 7.85. The van der Waals surface area contributed by atoms with Gasteiger partial charge in [-0.25, -0.2) is 4.98 Å². The molecule has 1 aliphatic heterocycles. The fourth-order valence-corrected chi connectivity index (χ4v) is 3.94. The number of likely N-dealkylation sites (tertiary alicyclic amines) is 1. The van der Waals surface area contributed by atoms with Crippen molar-refractivity contribution in [2.24, 2.45) is 10.8 Å². The monoisotopic (exact) mass is 343 g/mol. The molecule has 0 bridgehead atoms. The van der Waals surface area contributed by atoms with Gasteiger partial charge in [-0.05, 0) is 25.0 Å². The summed E-state index contributed by atoms with van der Waals surface area (Å²) in [6.07, 6.45) is 4.62. The van der Waals surface area contributed by atoms with Gasteiger partial charge in [0.2, 0.25) is 0 Å². The quantitative estimate of drug-likeness (QED) is 0.785. The van der Waals surface area contributed by atoms with E-state index in [2.05, 4.69) is 4.98 Å². The molecule has 0 saturated carbocycles. The number of amides is 1. The van der Waals surface area contributed by atoms with Crippen LogP contribution >= 0.6 is 11.6 Å². The number of allylic oxidation sites excluding steroid dienone is 1. The third-order valence-electron chi connectivity index (χ3n) is 4.84. The van der Waals surface area contributed by atoms with Gasteiger partial charge in [0.1, 0.15) is 11.8 Å². The lowest BCUT2D eigenvalue weighted by Gasteiger charge is -2.38. The van der Waals surface area contributed by atoms with Crippen molar-refractivity contribution in [3.05, 3.63) is 40.7 Å². The standard InChI is InChI=1S/C18H18ClN3O2/c1-17(2)10-18(7-12(8-20)15(17)23)5-6-22(11-18)16(24)14-4-3-13(19)9-21-14/h3-4,7,9H,5-6,10-11H2,1-2H3/t18-/m1/s1. The minimum absolute atomic E-state index is 0.111. The number of carbonyl (C=O) groups excluding carboxylic acids is 2. The number of hydrogen-bond acceptors (Lipinski definition) is 4. The maximum Gasteiger partial charge on any atom is 0.272 e. The summed E-state index contributed by atoms with van der Waals surface area (Å²) in [6, 6.07) is 5.28. The lowest BCUT2D eigenvalue weighted by atomic mass is 9.64. The van der Waals surface area contributed by atoms with Crippen molar-refractivity contribution in [3.8, 4) is 6.07 Å². The molecule has 0 aromatic carbocycles. The van der Waals surface area contributed by atoms with Gasteiger partial charge in [0, 0.05) is 30.1 Å². The smallest absolute Gasteiger partial charge is 0.272 e. The molecule has 3 rings (SSSR count). The molecule has 24 heavy (non-hydrogen) atoms. The van der Waals surface area contributed by atoms with E-state index in [1.54, 1.807) is 23.1 Å². The van der Waals surface area contributed by atoms with Crippen LogP contribution in [-0.4, -0.2) is 34.7 Å². The first kappa shape index (κ1) is 16.7. The Hall–Kier alpha value is -2.19. The second kappa shape index (κ2) is 5.71. The predicted octanol–water partition coefficient (Wildman–Crippen LogP) is 3.02. The summed E-state index contributed by atoms with van der Waals surface area (Å²) in [5.41, 5.74) is -0.334. The van der Waals surface area contributed by atoms with Gasteiger partial charge in [0.15, 0.2) is 5.78 Å². The summed E-state index contributed by atoms with van der Waals surface area (Å²) in [5.74, 6) is -0.259. The van der Waals surface area contributed by atoms with E-state index in [0.717, 1.165) is 6.42 Å². The fraction of sp³-hybridized carbons (Fsp3) is 0.444. The highest BCUT2D eigenvalue weighted by atomic mass is 35.5. The Kier molecular flexibility index (Phi) is 3.97. The third kappa shape index (κ3) is 2.83. The van der Waals surface area contributed by atoms with Gasteiger partial charge in [-0.3, -0.25) is 9.59 Å². The zero-order valence-corrected chi connectivity index (χ0v) is 14.4. The Morgan fingerprint density at radius 1 is 1.42 bits per heavy atom. The highest BCUT2D eigenvalue weighted by Gasteiger charge is 2.48. The minimum atomic E-state index is -0.586. The van der Waals surface area contributed by atoms with Crippen molar-refractivity contribution in [1.29, 1.82) is 5.26 Å². The molecule has 1 aliphatic carbocycles. The summed E-state index contributed by atoms with van der Waals surface area (Å²) in [5, 5.41) is 9.76. The molecule has 0 radical (unpaired) electrons. The summed E-state index contributed by atoms with van der Waals surface area (Å²) in [6.45, 7) is 4.82. The summed E-state index contributed by atoms with van der Waals surface area (Å²) in [4.78, 5) is 30.7. The minimum Gasteiger partial charge on any atom is -0.336 e. The van der Waals surface area contributed by atoms with E-state index in [1.807, 2.05) is 19.9 Å². The van der Waals surface area contributed by atoms with E-state index in [0.29, 0.717) is 30.2 Å². The third-order valence-corrected chi connectivity index (χ3v) is 5.07. The topological polar surface area (TPSA) is 74.1 Å². The van der Waals surface area contributed by atoms with Crippen LogP contribution < -0.4 is 0 Å². The molecule has 2 aliphatic rings. The van der Waals surface area contributed by atoms with Gasteiger partial charge >= 0.3 is 0 Å². The molecule has 1 spiro atoms. The number of rotatable bonds is 1. The van der Waals surface area contributed by atoms with Crippen LogP contribution in [-0.2, 0) is 4.79 Å². The molecule has 0 unspecified atom stereocenters. The van der Waals surface area contributed by atoms with E-state index in [4.69, 9.17) is 11.6 Å². The lowest BCUT2D eigenvalue weighted by molar-refractivity contribution is -0.125. The molecular weight excluding hydrogens is 326 g/mol. The van der Waals surface area contributed by atoms with Crippen LogP contribution in [0.1, 0.15) is 37.2 Å². The van der Waals surface area contributed by atoms with Gasteiger partial charge in [-0.1, -0.05) is 31.5 Å². The lowest BCUT2D eigenvalue weighted by Crippen LogP contribution is -2.40. The molecule has 1 amide bonds. The zero-order valence-electron chi connectivity index (χ0n) is 13.7. The molecule has 2 heterocycles. The Balaban J connectivity index is 1.85. The van der Waals surface area contributed by atoms with Crippen molar-refractivity contribution in [2.45, 2.75) is 26.7 Å². The zero-order chi connectivity index (χ0) is 17.5. The van der Waals surface area contributed by atoms with Gasteiger partial charge in [-0.15, -0.1) is 0 Å². The highest BCUT2D eigenvalue weighted by Crippen LogP contribution is 2.48. The number of nitriles is 1. The van der Waals surface area contributed by atoms with Crippen molar-refractivity contribution >= 4 is 23.3 Å². The van der Waals surface area contributed by atoms with Crippen LogP contribution in [0.25, 0.3) is 0 Å². The van der Waals surface area contributed by atoms with Crippen LogP contribution in [0.4, 0.5) is 0 Å². The average Bonchev–Trinajstić information content (AvgIpc) is 2.94. The Morgan fingerprint density at radius 3 is 2.79 bits per heavy atom. The van der Waals surface area contributed by atoms with Crippen molar-refractivity contribution < 1.29 is 9.59 Å². The van der Waals surface area contributed by atoms with E-state index in [1.165, 1.54) is 6.20 Å². The van der Waals surface area contributed by atoms with Crippen LogP contribution in [0.3, 0.4) is 0 Å². The van der Waals surface area contributed by atoms with Gasteiger partial charge in [-0.2, -0.15) is 5.26 Å². The molecule has 124 valence electrons. The summed E-state index contributed by atoms with van der Waals surface area (Å²) >= 11 is 5.81. The maximum absolute atomic E-state index is 12.6. The van der Waals surface area contributed by atoms with E-state index in [-0.39, 0.29) is 22.7 Å². The van der Waals surface area contributed by atoms with Crippen LogP contribution in [0.2, 0.25) is 5.02 Å². The Morgan fingerprint density at radius 2 is 2.17 bits per heavy atom. The second-order valence-corrected chi connectivity index (χ2v) is 7.70. The van der Waals surface area contributed by atoms with Gasteiger partial charge in [0.05, 0.1) is 10.6 Å². The Bertz CT molecular complexity index is 776. The maximum atomic E-state index is 12.6. The summed E-state index contributed by atoms with van der Waals surface area (Å²) in [7, 11) is 0. The molecular formula is C18H18ClN3O2. The number of Topliss-reactive ketones (excluding diaryl/α,β-unsaturated/α-hetero) is 1. The Labute approximate surface area is 145 Å². The van der Waals surface area contributed by atoms with E-state index >= 15 is 0 Å². The van der Waals surface area contributed by atoms with Gasteiger partial charge in [0.25, 0.3) is 5.91 Å². The largest absolute Gasteiger partial charge is 0.336 e. The van der Waals surface area contributed by atoms with Crippen LogP contribution in [0, 0.1) is 22.2 Å². The molecule has 1 saturated heterocycles. The number of halogens is 1. The van der Waals surface area contributed by atoms with Crippen LogP contribution in [0.5, 0.6) is 0 Å². The molecule has 1 atom stereocenters. The number of pyridine rings is 1. The molecule has 1 aromatic heterocycles. The first-order chi connectivity index (χ1) is 11.3. The molecule has 5 nitrogen and oxygen atoms in total. The molecule has 1 fully saturated rings. The highest BCUT2D eigenvalue weighted by molar-refractivity contribution is 6.30.